The van der Waals surface area contributed by atoms with Crippen molar-refractivity contribution in [1.82, 2.24) is 0 Å². The van der Waals surface area contributed by atoms with Gasteiger partial charge in [-0.1, -0.05) is 38.3 Å². The van der Waals surface area contributed by atoms with Crippen LogP contribution in [0.15, 0.2) is 24.3 Å². The molecule has 1 aromatic carbocycles. The Balaban J connectivity index is 2.56. The summed E-state index contributed by atoms with van der Waals surface area (Å²) < 4.78 is 0. The van der Waals surface area contributed by atoms with Crippen LogP contribution in [0.2, 0.25) is 0 Å². The molecule has 0 spiro atoms. The van der Waals surface area contributed by atoms with Crippen molar-refractivity contribution < 1.29 is 20.1 Å². The predicted octanol–water partition coefficient (Wildman–Crippen LogP) is 3.87. The largest absolute Gasteiger partial charge is 0.504 e. The number of benzene rings is 1. The molecule has 0 fully saturated rings. The number of allylic oxidation sites excluding steroid dienone is 2. The van der Waals surface area contributed by atoms with Crippen molar-refractivity contribution in [3.05, 3.63) is 35.4 Å². The van der Waals surface area contributed by atoms with Crippen LogP contribution in [0, 0.1) is 0 Å². The van der Waals surface area contributed by atoms with Crippen molar-refractivity contribution >= 4 is 5.97 Å². The Morgan fingerprint density at radius 2 is 1.90 bits per heavy atom. The first-order chi connectivity index (χ1) is 9.56. The second-order valence-corrected chi connectivity index (χ2v) is 4.84. The molecule has 0 aliphatic heterocycles. The number of rotatable bonds is 8. The second-order valence-electron chi connectivity index (χ2n) is 4.84. The molecule has 0 saturated carbocycles. The first kappa shape index (κ1) is 16.1. The van der Waals surface area contributed by atoms with Gasteiger partial charge in [-0.2, -0.15) is 0 Å². The third-order valence-electron chi connectivity index (χ3n) is 3.12. The van der Waals surface area contributed by atoms with Gasteiger partial charge in [-0.05, 0) is 37.0 Å². The molecule has 0 heterocycles. The molecule has 0 unspecified atom stereocenters. The summed E-state index contributed by atoms with van der Waals surface area (Å²) >= 11 is 0. The molecule has 0 aliphatic carbocycles. The van der Waals surface area contributed by atoms with Crippen molar-refractivity contribution in [2.24, 2.45) is 0 Å². The zero-order valence-electron chi connectivity index (χ0n) is 11.8. The number of carbonyl (C=O) groups is 1. The first-order valence-corrected chi connectivity index (χ1v) is 6.99. The van der Waals surface area contributed by atoms with E-state index in [9.17, 15) is 15.0 Å². The minimum Gasteiger partial charge on any atom is -0.504 e. The summed E-state index contributed by atoms with van der Waals surface area (Å²) in [5.74, 6) is -2.22. The van der Waals surface area contributed by atoms with E-state index < -0.39 is 17.5 Å². The number of phenolic OH excluding ortho intramolecular Hbond substituents is 1. The third kappa shape index (κ3) is 4.96. The molecule has 0 aromatic heterocycles. The molecule has 20 heavy (non-hydrogen) atoms. The minimum absolute atomic E-state index is 0.267. The fraction of sp³-hybridized carbons (Fsp3) is 0.438. The van der Waals surface area contributed by atoms with Crippen LogP contribution in [-0.2, 0) is 6.42 Å². The van der Waals surface area contributed by atoms with Crippen LogP contribution in [0.25, 0.3) is 0 Å². The van der Waals surface area contributed by atoms with Crippen molar-refractivity contribution in [2.75, 3.05) is 0 Å². The molecule has 0 amide bonds. The zero-order valence-corrected chi connectivity index (χ0v) is 11.8. The maximum absolute atomic E-state index is 10.9. The molecule has 0 saturated heterocycles. The highest BCUT2D eigenvalue weighted by molar-refractivity contribution is 5.92. The zero-order chi connectivity index (χ0) is 15.0. The number of aromatic hydroxyl groups is 2. The Hall–Kier alpha value is -1.97. The van der Waals surface area contributed by atoms with E-state index in [4.69, 9.17) is 5.11 Å². The van der Waals surface area contributed by atoms with Gasteiger partial charge in [-0.15, -0.1) is 0 Å². The smallest absolute Gasteiger partial charge is 0.339 e. The molecule has 0 bridgehead atoms. The molecule has 0 atom stereocenters. The van der Waals surface area contributed by atoms with E-state index in [0.29, 0.717) is 12.0 Å². The van der Waals surface area contributed by atoms with Crippen molar-refractivity contribution in [3.8, 4) is 11.5 Å². The maximum atomic E-state index is 10.9. The first-order valence-electron chi connectivity index (χ1n) is 6.99. The predicted molar refractivity (Wildman–Crippen MR) is 78.3 cm³/mol. The van der Waals surface area contributed by atoms with Gasteiger partial charge in [0.1, 0.15) is 5.56 Å². The molecule has 3 N–H and O–H groups in total. The summed E-state index contributed by atoms with van der Waals surface area (Å²) in [7, 11) is 0. The average molecular weight is 278 g/mol. The number of carboxylic acid groups (broad SMARTS) is 1. The summed E-state index contributed by atoms with van der Waals surface area (Å²) in [5.41, 5.74) is 0.402. The van der Waals surface area contributed by atoms with Gasteiger partial charge < -0.3 is 15.3 Å². The van der Waals surface area contributed by atoms with Gasteiger partial charge in [-0.3, -0.25) is 0 Å². The van der Waals surface area contributed by atoms with Gasteiger partial charge in [0, 0.05) is 0 Å². The lowest BCUT2D eigenvalue weighted by molar-refractivity contribution is 0.0693. The lowest BCUT2D eigenvalue weighted by Gasteiger charge is -2.05. The van der Waals surface area contributed by atoms with Crippen LogP contribution in [-0.4, -0.2) is 21.3 Å². The van der Waals surface area contributed by atoms with Gasteiger partial charge in [-0.25, -0.2) is 4.79 Å². The Morgan fingerprint density at radius 3 is 2.55 bits per heavy atom. The lowest BCUT2D eigenvalue weighted by atomic mass is 10.1. The Labute approximate surface area is 119 Å². The Kier molecular flexibility index (Phi) is 6.64. The summed E-state index contributed by atoms with van der Waals surface area (Å²) in [4.78, 5) is 10.9. The van der Waals surface area contributed by atoms with E-state index in [0.717, 1.165) is 12.8 Å². The Bertz CT molecular complexity index is 478. The minimum atomic E-state index is -1.25. The van der Waals surface area contributed by atoms with Crippen molar-refractivity contribution in [1.29, 1.82) is 0 Å². The molecule has 0 aliphatic rings. The maximum Gasteiger partial charge on any atom is 0.339 e. The molecule has 0 radical (unpaired) electrons. The normalized spacial score (nSPS) is 11.1. The van der Waals surface area contributed by atoms with Crippen molar-refractivity contribution in [2.45, 2.75) is 45.4 Å². The molecule has 1 rings (SSSR count). The standard InChI is InChI=1S/C16H22O4/c1-2-3-4-5-6-7-8-9-12-10-13(16(19)20)15(18)14(17)11-12/h7-8,10-11,17-18H,2-6,9H2,1H3,(H,19,20)/b8-7+. The molecule has 1 aromatic rings. The summed E-state index contributed by atoms with van der Waals surface area (Å²) in [6, 6.07) is 2.78. The number of carboxylic acids is 1. The van der Waals surface area contributed by atoms with Crippen molar-refractivity contribution in [3.63, 3.8) is 0 Å². The van der Waals surface area contributed by atoms with E-state index in [2.05, 4.69) is 13.0 Å². The van der Waals surface area contributed by atoms with E-state index in [1.54, 1.807) is 0 Å². The molecule has 4 nitrogen and oxygen atoms in total. The third-order valence-corrected chi connectivity index (χ3v) is 3.12. The fourth-order valence-corrected chi connectivity index (χ4v) is 1.98. The van der Waals surface area contributed by atoms with Crippen LogP contribution in [0.3, 0.4) is 0 Å². The topological polar surface area (TPSA) is 77.8 Å². The number of phenols is 2. The van der Waals surface area contributed by atoms with Crippen LogP contribution < -0.4 is 0 Å². The quantitative estimate of drug-likeness (QED) is 0.383. The average Bonchev–Trinajstić information content (AvgIpc) is 2.41. The molecule has 4 heteroatoms. The summed E-state index contributed by atoms with van der Waals surface area (Å²) in [5, 5.41) is 27.8. The molecular weight excluding hydrogens is 256 g/mol. The van der Waals surface area contributed by atoms with E-state index in [1.165, 1.54) is 31.4 Å². The van der Waals surface area contributed by atoms with Crippen LogP contribution in [0.4, 0.5) is 0 Å². The van der Waals surface area contributed by atoms with Gasteiger partial charge >= 0.3 is 5.97 Å². The van der Waals surface area contributed by atoms with Gasteiger partial charge in [0.05, 0.1) is 0 Å². The SMILES string of the molecule is CCCCCC/C=C/Cc1cc(O)c(O)c(C(=O)O)c1. The highest BCUT2D eigenvalue weighted by atomic mass is 16.4. The van der Waals surface area contributed by atoms with E-state index in [-0.39, 0.29) is 5.56 Å². The number of hydrogen-bond donors (Lipinski definition) is 3. The summed E-state index contributed by atoms with van der Waals surface area (Å²) in [6.45, 7) is 2.17. The van der Waals surface area contributed by atoms with Gasteiger partial charge in [0.25, 0.3) is 0 Å². The highest BCUT2D eigenvalue weighted by Gasteiger charge is 2.14. The number of unbranched alkanes of at least 4 members (excludes halogenated alkanes) is 4. The molecular formula is C16H22O4. The fourth-order valence-electron chi connectivity index (χ4n) is 1.98. The lowest BCUT2D eigenvalue weighted by Crippen LogP contribution is -1.98. The Morgan fingerprint density at radius 1 is 1.15 bits per heavy atom. The van der Waals surface area contributed by atoms with Crippen LogP contribution in [0.1, 0.15) is 54.9 Å². The highest BCUT2D eigenvalue weighted by Crippen LogP contribution is 2.30. The van der Waals surface area contributed by atoms with E-state index in [1.807, 2.05) is 6.08 Å². The van der Waals surface area contributed by atoms with Crippen LogP contribution >= 0.6 is 0 Å². The second kappa shape index (κ2) is 8.25. The molecule has 110 valence electrons. The van der Waals surface area contributed by atoms with Crippen LogP contribution in [0.5, 0.6) is 11.5 Å². The van der Waals surface area contributed by atoms with Gasteiger partial charge in [0.2, 0.25) is 0 Å². The monoisotopic (exact) mass is 278 g/mol. The number of hydrogen-bond acceptors (Lipinski definition) is 3. The summed E-state index contributed by atoms with van der Waals surface area (Å²) in [6.07, 6.45) is 10.4. The number of aromatic carboxylic acids is 1. The van der Waals surface area contributed by atoms with E-state index >= 15 is 0 Å². The van der Waals surface area contributed by atoms with Gasteiger partial charge in [0.15, 0.2) is 11.5 Å².